The van der Waals surface area contributed by atoms with E-state index >= 15 is 0 Å². The summed E-state index contributed by atoms with van der Waals surface area (Å²) in [6.07, 6.45) is 2.08. The summed E-state index contributed by atoms with van der Waals surface area (Å²) in [5.41, 5.74) is 7.32. The van der Waals surface area contributed by atoms with Gasteiger partial charge in [0, 0.05) is 25.8 Å². The third-order valence-electron chi connectivity index (χ3n) is 3.43. The van der Waals surface area contributed by atoms with Crippen LogP contribution in [0.2, 0.25) is 0 Å². The smallest absolute Gasteiger partial charge is 0.254 e. The predicted molar refractivity (Wildman–Crippen MR) is 77.5 cm³/mol. The summed E-state index contributed by atoms with van der Waals surface area (Å²) in [6, 6.07) is 7.75. The van der Waals surface area contributed by atoms with Gasteiger partial charge >= 0.3 is 0 Å². The molecular formula is C14H21ClN2O2. The first-order chi connectivity index (χ1) is 8.76. The standard InChI is InChI=1S/C14H20N2O2.ClH/c1-18-10-13-3-2-8-16(13)14(17)12-6-4-11(9-15)5-7-12;/h4-7,13H,2-3,8-10,15H2,1H3;1H. The Hall–Kier alpha value is -1.10. The highest BCUT2D eigenvalue weighted by Gasteiger charge is 2.29. The van der Waals surface area contributed by atoms with E-state index in [0.29, 0.717) is 13.2 Å². The number of likely N-dealkylation sites (tertiary alicyclic amines) is 1. The zero-order valence-electron chi connectivity index (χ0n) is 11.2. The minimum Gasteiger partial charge on any atom is -0.383 e. The number of rotatable bonds is 4. The Morgan fingerprint density at radius 1 is 1.42 bits per heavy atom. The normalized spacial score (nSPS) is 18.2. The van der Waals surface area contributed by atoms with E-state index in [2.05, 4.69) is 0 Å². The van der Waals surface area contributed by atoms with Gasteiger partial charge in [0.2, 0.25) is 0 Å². The first-order valence-corrected chi connectivity index (χ1v) is 6.35. The van der Waals surface area contributed by atoms with E-state index in [1.54, 1.807) is 7.11 Å². The van der Waals surface area contributed by atoms with E-state index in [1.165, 1.54) is 0 Å². The monoisotopic (exact) mass is 284 g/mol. The maximum absolute atomic E-state index is 12.4. The second kappa shape index (κ2) is 7.48. The summed E-state index contributed by atoms with van der Waals surface area (Å²) in [6.45, 7) is 1.95. The number of ether oxygens (including phenoxy) is 1. The number of nitrogens with zero attached hydrogens (tertiary/aromatic N) is 1. The third-order valence-corrected chi connectivity index (χ3v) is 3.43. The van der Waals surface area contributed by atoms with Gasteiger partial charge in [0.25, 0.3) is 5.91 Å². The number of amides is 1. The minimum atomic E-state index is 0. The minimum absolute atomic E-state index is 0. The van der Waals surface area contributed by atoms with Gasteiger partial charge in [0.05, 0.1) is 12.6 Å². The average Bonchev–Trinajstić information content (AvgIpc) is 2.87. The zero-order valence-corrected chi connectivity index (χ0v) is 12.0. The lowest BCUT2D eigenvalue weighted by atomic mass is 10.1. The number of carbonyl (C=O) groups excluding carboxylic acids is 1. The Kier molecular flexibility index (Phi) is 6.28. The van der Waals surface area contributed by atoms with Crippen LogP contribution in [0.25, 0.3) is 0 Å². The third kappa shape index (κ3) is 3.69. The van der Waals surface area contributed by atoms with Crippen LogP contribution in [0, 0.1) is 0 Å². The molecule has 0 bridgehead atoms. The van der Waals surface area contributed by atoms with Gasteiger partial charge in [-0.25, -0.2) is 0 Å². The van der Waals surface area contributed by atoms with Gasteiger partial charge in [-0.15, -0.1) is 12.4 Å². The van der Waals surface area contributed by atoms with E-state index in [-0.39, 0.29) is 24.4 Å². The molecule has 5 heteroatoms. The number of carbonyl (C=O) groups is 1. The molecule has 1 aromatic rings. The predicted octanol–water partition coefficient (Wildman–Crippen LogP) is 1.82. The van der Waals surface area contributed by atoms with Crippen LogP contribution < -0.4 is 5.73 Å². The van der Waals surface area contributed by atoms with Crippen LogP contribution in [0.4, 0.5) is 0 Å². The lowest BCUT2D eigenvalue weighted by Crippen LogP contribution is -2.38. The summed E-state index contributed by atoms with van der Waals surface area (Å²) in [5.74, 6) is 0.0955. The van der Waals surface area contributed by atoms with Gasteiger partial charge in [0.15, 0.2) is 0 Å². The first-order valence-electron chi connectivity index (χ1n) is 6.35. The Bertz CT molecular complexity index is 408. The fourth-order valence-electron chi connectivity index (χ4n) is 2.42. The zero-order chi connectivity index (χ0) is 13.0. The molecule has 0 saturated carbocycles. The van der Waals surface area contributed by atoms with Gasteiger partial charge in [-0.1, -0.05) is 12.1 Å². The number of nitrogens with two attached hydrogens (primary N) is 1. The van der Waals surface area contributed by atoms with E-state index in [4.69, 9.17) is 10.5 Å². The summed E-state index contributed by atoms with van der Waals surface area (Å²) in [5, 5.41) is 0. The van der Waals surface area contributed by atoms with E-state index in [9.17, 15) is 4.79 Å². The van der Waals surface area contributed by atoms with E-state index in [1.807, 2.05) is 29.2 Å². The summed E-state index contributed by atoms with van der Waals surface area (Å²) in [7, 11) is 1.68. The Morgan fingerprint density at radius 2 is 2.11 bits per heavy atom. The lowest BCUT2D eigenvalue weighted by molar-refractivity contribution is 0.0630. The molecule has 1 unspecified atom stereocenters. The van der Waals surface area contributed by atoms with Crippen molar-refractivity contribution in [1.29, 1.82) is 0 Å². The second-order valence-corrected chi connectivity index (χ2v) is 4.65. The van der Waals surface area contributed by atoms with Crippen molar-refractivity contribution in [3.63, 3.8) is 0 Å². The molecule has 0 spiro atoms. The summed E-state index contributed by atoms with van der Waals surface area (Å²) >= 11 is 0. The number of halogens is 1. The van der Waals surface area contributed by atoms with Crippen molar-refractivity contribution >= 4 is 18.3 Å². The molecular weight excluding hydrogens is 264 g/mol. The van der Waals surface area contributed by atoms with Crippen molar-refractivity contribution in [3.8, 4) is 0 Å². The van der Waals surface area contributed by atoms with Gasteiger partial charge in [0.1, 0.15) is 0 Å². The molecule has 1 aliphatic heterocycles. The van der Waals surface area contributed by atoms with Crippen LogP contribution in [0.15, 0.2) is 24.3 Å². The highest BCUT2D eigenvalue weighted by molar-refractivity contribution is 5.94. The summed E-state index contributed by atoms with van der Waals surface area (Å²) < 4.78 is 5.17. The van der Waals surface area contributed by atoms with Gasteiger partial charge < -0.3 is 15.4 Å². The van der Waals surface area contributed by atoms with Gasteiger partial charge in [-0.2, -0.15) is 0 Å². The molecule has 4 nitrogen and oxygen atoms in total. The molecule has 1 aliphatic rings. The van der Waals surface area contributed by atoms with Crippen LogP contribution in [0.5, 0.6) is 0 Å². The van der Waals surface area contributed by atoms with Crippen molar-refractivity contribution in [1.82, 2.24) is 4.90 Å². The van der Waals surface area contributed by atoms with Crippen LogP contribution in [-0.4, -0.2) is 37.1 Å². The highest BCUT2D eigenvalue weighted by Crippen LogP contribution is 2.20. The highest BCUT2D eigenvalue weighted by atomic mass is 35.5. The molecule has 1 fully saturated rings. The number of methoxy groups -OCH3 is 1. The van der Waals surface area contributed by atoms with Crippen LogP contribution in [-0.2, 0) is 11.3 Å². The van der Waals surface area contributed by atoms with E-state index in [0.717, 1.165) is 30.5 Å². The lowest BCUT2D eigenvalue weighted by Gasteiger charge is -2.24. The molecule has 0 aromatic heterocycles. The molecule has 19 heavy (non-hydrogen) atoms. The Labute approximate surface area is 120 Å². The molecule has 1 saturated heterocycles. The molecule has 1 aromatic carbocycles. The van der Waals surface area contributed by atoms with Gasteiger partial charge in [-0.05, 0) is 30.5 Å². The van der Waals surface area contributed by atoms with Crippen LogP contribution in [0.1, 0.15) is 28.8 Å². The molecule has 1 heterocycles. The van der Waals surface area contributed by atoms with E-state index < -0.39 is 0 Å². The molecule has 106 valence electrons. The fraction of sp³-hybridized carbons (Fsp3) is 0.500. The quantitative estimate of drug-likeness (QED) is 0.917. The Morgan fingerprint density at radius 3 is 2.68 bits per heavy atom. The largest absolute Gasteiger partial charge is 0.383 e. The van der Waals surface area contributed by atoms with Crippen molar-refractivity contribution in [2.24, 2.45) is 5.73 Å². The molecule has 1 atom stereocenters. The maximum atomic E-state index is 12.4. The van der Waals surface area contributed by atoms with Crippen molar-refractivity contribution in [3.05, 3.63) is 35.4 Å². The van der Waals surface area contributed by atoms with Crippen molar-refractivity contribution in [2.45, 2.75) is 25.4 Å². The molecule has 0 aliphatic carbocycles. The fourth-order valence-corrected chi connectivity index (χ4v) is 2.42. The average molecular weight is 285 g/mol. The van der Waals surface area contributed by atoms with Crippen LogP contribution >= 0.6 is 12.4 Å². The molecule has 0 radical (unpaired) electrons. The molecule has 2 rings (SSSR count). The first kappa shape index (κ1) is 16.0. The van der Waals surface area contributed by atoms with Crippen LogP contribution in [0.3, 0.4) is 0 Å². The number of hydrogen-bond acceptors (Lipinski definition) is 3. The molecule has 2 N–H and O–H groups in total. The topological polar surface area (TPSA) is 55.6 Å². The number of benzene rings is 1. The number of hydrogen-bond donors (Lipinski definition) is 1. The molecule has 1 amide bonds. The summed E-state index contributed by atoms with van der Waals surface area (Å²) in [4.78, 5) is 14.3. The SMILES string of the molecule is COCC1CCCN1C(=O)c1ccc(CN)cc1.Cl. The maximum Gasteiger partial charge on any atom is 0.254 e. The van der Waals surface area contributed by atoms with Crippen molar-refractivity contribution in [2.75, 3.05) is 20.3 Å². The van der Waals surface area contributed by atoms with Crippen molar-refractivity contribution < 1.29 is 9.53 Å². The Balaban J connectivity index is 0.00000180. The van der Waals surface area contributed by atoms with Gasteiger partial charge in [-0.3, -0.25) is 4.79 Å². The second-order valence-electron chi connectivity index (χ2n) is 4.65.